The van der Waals surface area contributed by atoms with E-state index in [2.05, 4.69) is 86.3 Å². The Morgan fingerprint density at radius 1 is 1.15 bits per heavy atom. The Bertz CT molecular complexity index is 899. The van der Waals surface area contributed by atoms with Crippen LogP contribution in [0.1, 0.15) is 12.0 Å². The zero-order valence-electron chi connectivity index (χ0n) is 15.8. The number of rotatable bonds is 5. The van der Waals surface area contributed by atoms with Crippen LogP contribution >= 0.6 is 0 Å². The lowest BCUT2D eigenvalue weighted by molar-refractivity contribution is 0.648. The van der Waals surface area contributed by atoms with Gasteiger partial charge in [0.05, 0.1) is 0 Å². The molecule has 1 unspecified atom stereocenters. The van der Waals surface area contributed by atoms with E-state index in [-0.39, 0.29) is 0 Å². The van der Waals surface area contributed by atoms with E-state index in [0.717, 1.165) is 38.4 Å². The average Bonchev–Trinajstić information content (AvgIpc) is 3.35. The molecule has 0 saturated carbocycles. The molecule has 0 amide bonds. The quantitative estimate of drug-likeness (QED) is 0.483. The molecule has 0 bridgehead atoms. The second-order valence-electron chi connectivity index (χ2n) is 7.02. The Balaban J connectivity index is 1.28. The first-order chi connectivity index (χ1) is 13.3. The predicted molar refractivity (Wildman–Crippen MR) is 114 cm³/mol. The number of hydrogen-bond donors (Lipinski definition) is 3. The maximum absolute atomic E-state index is 4.40. The van der Waals surface area contributed by atoms with Gasteiger partial charge < -0.3 is 20.5 Å². The third-order valence-electron chi connectivity index (χ3n) is 5.24. The highest BCUT2D eigenvalue weighted by atomic mass is 15.2. The number of para-hydroxylation sites is 2. The van der Waals surface area contributed by atoms with Crippen LogP contribution in [0.15, 0.2) is 65.8 Å². The Kier molecular flexibility index (Phi) is 5.28. The van der Waals surface area contributed by atoms with E-state index >= 15 is 0 Å². The fourth-order valence-corrected chi connectivity index (χ4v) is 3.79. The standard InChI is InChI=1S/C22H27N5/c1-23-22(24-13-11-17-15-25-21-10-6-5-9-20(17)21)26-18-12-14-27(16-18)19-7-3-2-4-8-19/h2-10,15,18,25H,11-14,16H2,1H3,(H2,23,24,26). The number of aromatic nitrogens is 1. The highest BCUT2D eigenvalue weighted by Gasteiger charge is 2.23. The van der Waals surface area contributed by atoms with Crippen molar-refractivity contribution < 1.29 is 0 Å². The molecule has 4 rings (SSSR count). The maximum atomic E-state index is 4.40. The van der Waals surface area contributed by atoms with Crippen LogP contribution in [0.5, 0.6) is 0 Å². The largest absolute Gasteiger partial charge is 0.369 e. The van der Waals surface area contributed by atoms with E-state index in [0.29, 0.717) is 6.04 Å². The topological polar surface area (TPSA) is 55.5 Å². The molecular weight excluding hydrogens is 334 g/mol. The highest BCUT2D eigenvalue weighted by molar-refractivity contribution is 5.83. The van der Waals surface area contributed by atoms with Gasteiger partial charge in [-0.05, 0) is 36.6 Å². The summed E-state index contributed by atoms with van der Waals surface area (Å²) in [6.45, 7) is 2.94. The second kappa shape index (κ2) is 8.16. The number of anilines is 1. The number of nitrogens with one attached hydrogen (secondary N) is 3. The molecule has 140 valence electrons. The number of aromatic amines is 1. The van der Waals surface area contributed by atoms with Crippen LogP contribution in [0.3, 0.4) is 0 Å². The summed E-state index contributed by atoms with van der Waals surface area (Å²) in [4.78, 5) is 10.2. The van der Waals surface area contributed by atoms with Crippen LogP contribution in [-0.4, -0.2) is 43.7 Å². The van der Waals surface area contributed by atoms with E-state index in [1.807, 2.05) is 7.05 Å². The van der Waals surface area contributed by atoms with Gasteiger partial charge in [-0.1, -0.05) is 36.4 Å². The van der Waals surface area contributed by atoms with Gasteiger partial charge >= 0.3 is 0 Å². The Morgan fingerprint density at radius 3 is 2.81 bits per heavy atom. The molecule has 5 heteroatoms. The summed E-state index contributed by atoms with van der Waals surface area (Å²) in [6, 6.07) is 19.5. The molecule has 0 radical (unpaired) electrons. The first-order valence-electron chi connectivity index (χ1n) is 9.65. The van der Waals surface area contributed by atoms with Crippen molar-refractivity contribution in [3.05, 3.63) is 66.4 Å². The lowest BCUT2D eigenvalue weighted by Gasteiger charge is -2.20. The first kappa shape index (κ1) is 17.5. The van der Waals surface area contributed by atoms with Crippen LogP contribution in [0.25, 0.3) is 10.9 Å². The van der Waals surface area contributed by atoms with E-state index in [4.69, 9.17) is 0 Å². The molecule has 1 aliphatic heterocycles. The summed E-state index contributed by atoms with van der Waals surface area (Å²) >= 11 is 0. The summed E-state index contributed by atoms with van der Waals surface area (Å²) in [7, 11) is 1.84. The molecule has 1 aromatic heterocycles. The molecule has 1 aliphatic rings. The lowest BCUT2D eigenvalue weighted by atomic mass is 10.1. The molecule has 1 fully saturated rings. The summed E-state index contributed by atoms with van der Waals surface area (Å²) in [5.41, 5.74) is 3.83. The van der Waals surface area contributed by atoms with Crippen molar-refractivity contribution in [1.82, 2.24) is 15.6 Å². The van der Waals surface area contributed by atoms with Crippen LogP contribution in [0.2, 0.25) is 0 Å². The van der Waals surface area contributed by atoms with Crippen LogP contribution < -0.4 is 15.5 Å². The molecule has 2 aromatic carbocycles. The van der Waals surface area contributed by atoms with Crippen molar-refractivity contribution in [2.45, 2.75) is 18.9 Å². The van der Waals surface area contributed by atoms with Gasteiger partial charge in [-0.15, -0.1) is 0 Å². The van der Waals surface area contributed by atoms with Crippen molar-refractivity contribution in [2.75, 3.05) is 31.6 Å². The maximum Gasteiger partial charge on any atom is 0.191 e. The van der Waals surface area contributed by atoms with Gasteiger partial charge in [0.15, 0.2) is 5.96 Å². The van der Waals surface area contributed by atoms with Crippen molar-refractivity contribution in [1.29, 1.82) is 0 Å². The average molecular weight is 361 g/mol. The number of fused-ring (bicyclic) bond motifs is 1. The van der Waals surface area contributed by atoms with Crippen molar-refractivity contribution >= 4 is 22.5 Å². The smallest absolute Gasteiger partial charge is 0.191 e. The number of H-pyrrole nitrogens is 1. The highest BCUT2D eigenvalue weighted by Crippen LogP contribution is 2.20. The minimum absolute atomic E-state index is 0.421. The van der Waals surface area contributed by atoms with Gasteiger partial charge in [0.1, 0.15) is 0 Å². The minimum Gasteiger partial charge on any atom is -0.369 e. The minimum atomic E-state index is 0.421. The summed E-state index contributed by atoms with van der Waals surface area (Å²) in [6.07, 6.45) is 4.20. The number of aliphatic imine (C=N–C) groups is 1. The molecule has 27 heavy (non-hydrogen) atoms. The Labute approximate surface area is 160 Å². The van der Waals surface area contributed by atoms with Crippen LogP contribution in [-0.2, 0) is 6.42 Å². The van der Waals surface area contributed by atoms with Crippen molar-refractivity contribution in [2.24, 2.45) is 4.99 Å². The fraction of sp³-hybridized carbons (Fsp3) is 0.318. The summed E-state index contributed by atoms with van der Waals surface area (Å²) in [5.74, 6) is 0.884. The number of hydrogen-bond acceptors (Lipinski definition) is 2. The molecule has 0 aliphatic carbocycles. The SMILES string of the molecule is CN=C(NCCc1c[nH]c2ccccc12)NC1CCN(c2ccccc2)C1. The third-order valence-corrected chi connectivity index (χ3v) is 5.24. The van der Waals surface area contributed by atoms with Gasteiger partial charge in [-0.25, -0.2) is 0 Å². The molecule has 2 heterocycles. The van der Waals surface area contributed by atoms with Gasteiger partial charge in [-0.3, -0.25) is 4.99 Å². The molecule has 3 aromatic rings. The fourth-order valence-electron chi connectivity index (χ4n) is 3.79. The molecule has 5 nitrogen and oxygen atoms in total. The lowest BCUT2D eigenvalue weighted by Crippen LogP contribution is -2.45. The van der Waals surface area contributed by atoms with Crippen molar-refractivity contribution in [3.63, 3.8) is 0 Å². The summed E-state index contributed by atoms with van der Waals surface area (Å²) < 4.78 is 0. The predicted octanol–water partition coefficient (Wildman–Crippen LogP) is 3.15. The molecular formula is C22H27N5. The third kappa shape index (κ3) is 4.08. The molecule has 1 atom stereocenters. The van der Waals surface area contributed by atoms with E-state index in [9.17, 15) is 0 Å². The molecule has 0 spiro atoms. The Morgan fingerprint density at radius 2 is 1.96 bits per heavy atom. The van der Waals surface area contributed by atoms with Crippen LogP contribution in [0.4, 0.5) is 5.69 Å². The number of nitrogens with zero attached hydrogens (tertiary/aromatic N) is 2. The monoisotopic (exact) mass is 361 g/mol. The van der Waals surface area contributed by atoms with Gasteiger partial charge in [0.2, 0.25) is 0 Å². The van der Waals surface area contributed by atoms with Crippen molar-refractivity contribution in [3.8, 4) is 0 Å². The summed E-state index contributed by atoms with van der Waals surface area (Å²) in [5, 5.41) is 8.33. The van der Waals surface area contributed by atoms with Gasteiger partial charge in [0, 0.05) is 55.5 Å². The van der Waals surface area contributed by atoms with Crippen LogP contribution in [0, 0.1) is 0 Å². The molecule has 3 N–H and O–H groups in total. The van der Waals surface area contributed by atoms with Gasteiger partial charge in [0.25, 0.3) is 0 Å². The van der Waals surface area contributed by atoms with E-state index < -0.39 is 0 Å². The van der Waals surface area contributed by atoms with E-state index in [1.165, 1.54) is 22.2 Å². The number of guanidine groups is 1. The second-order valence-corrected chi connectivity index (χ2v) is 7.02. The van der Waals surface area contributed by atoms with E-state index in [1.54, 1.807) is 0 Å². The van der Waals surface area contributed by atoms with Gasteiger partial charge in [-0.2, -0.15) is 0 Å². The number of benzene rings is 2. The zero-order valence-corrected chi connectivity index (χ0v) is 15.8. The Hall–Kier alpha value is -2.95. The normalized spacial score (nSPS) is 17.4. The first-order valence-corrected chi connectivity index (χ1v) is 9.65. The zero-order chi connectivity index (χ0) is 18.5. The molecule has 1 saturated heterocycles.